The van der Waals surface area contributed by atoms with E-state index < -0.39 is 14.9 Å². The first-order valence-corrected chi connectivity index (χ1v) is 8.21. The summed E-state index contributed by atoms with van der Waals surface area (Å²) in [5.74, 6) is 0.766. The van der Waals surface area contributed by atoms with E-state index in [1.807, 2.05) is 6.92 Å². The maximum atomic E-state index is 12.6. The van der Waals surface area contributed by atoms with E-state index in [2.05, 4.69) is 6.92 Å². The fourth-order valence-electron chi connectivity index (χ4n) is 2.45. The van der Waals surface area contributed by atoms with Gasteiger partial charge in [-0.05, 0) is 30.4 Å². The summed E-state index contributed by atoms with van der Waals surface area (Å²) in [5.41, 5.74) is 5.15. The minimum atomic E-state index is -3.65. The van der Waals surface area contributed by atoms with E-state index in [0.717, 1.165) is 18.6 Å². The number of nitrogens with zero attached hydrogens (tertiary/aromatic N) is 2. The van der Waals surface area contributed by atoms with E-state index in [0.29, 0.717) is 19.0 Å². The van der Waals surface area contributed by atoms with E-state index in [9.17, 15) is 18.5 Å². The standard InChI is InChI=1S/C13H19N3O4S/c1-9-5-6-15(8-10(9)2)21(19,20)11-3-4-13(16(17)18)12(14)7-11/h3-4,7,9-10H,5-6,8,14H2,1-2H3. The number of benzene rings is 1. The van der Waals surface area contributed by atoms with Crippen LogP contribution in [-0.2, 0) is 10.0 Å². The van der Waals surface area contributed by atoms with Gasteiger partial charge in [-0.15, -0.1) is 0 Å². The summed E-state index contributed by atoms with van der Waals surface area (Å²) in [6.45, 7) is 5.06. The zero-order valence-corrected chi connectivity index (χ0v) is 12.8. The normalized spacial score (nSPS) is 23.9. The SMILES string of the molecule is CC1CCN(S(=O)(=O)c2ccc([N+](=O)[O-])c(N)c2)CC1C. The molecule has 0 aromatic heterocycles. The molecule has 21 heavy (non-hydrogen) atoms. The van der Waals surface area contributed by atoms with Crippen LogP contribution in [0, 0.1) is 22.0 Å². The zero-order chi connectivity index (χ0) is 15.8. The Morgan fingerprint density at radius 1 is 1.33 bits per heavy atom. The fraction of sp³-hybridized carbons (Fsp3) is 0.538. The van der Waals surface area contributed by atoms with E-state index in [4.69, 9.17) is 5.73 Å². The van der Waals surface area contributed by atoms with Crippen LogP contribution in [0.1, 0.15) is 20.3 Å². The molecule has 1 fully saturated rings. The summed E-state index contributed by atoms with van der Waals surface area (Å²) in [6.07, 6.45) is 0.808. The second kappa shape index (κ2) is 5.61. The molecule has 116 valence electrons. The van der Waals surface area contributed by atoms with Gasteiger partial charge in [0.25, 0.3) is 5.69 Å². The van der Waals surface area contributed by atoms with Crippen molar-refractivity contribution < 1.29 is 13.3 Å². The number of piperidine rings is 1. The van der Waals surface area contributed by atoms with Gasteiger partial charge in [0.1, 0.15) is 5.69 Å². The first-order chi connectivity index (χ1) is 9.73. The first-order valence-electron chi connectivity index (χ1n) is 6.77. The fourth-order valence-corrected chi connectivity index (χ4v) is 4.04. The number of hydrogen-bond donors (Lipinski definition) is 1. The molecule has 1 aromatic carbocycles. The van der Waals surface area contributed by atoms with Crippen LogP contribution in [0.2, 0.25) is 0 Å². The Bertz CT molecular complexity index is 659. The molecule has 0 aliphatic carbocycles. The van der Waals surface area contributed by atoms with Crippen molar-refractivity contribution in [3.8, 4) is 0 Å². The highest BCUT2D eigenvalue weighted by molar-refractivity contribution is 7.89. The Kier molecular flexibility index (Phi) is 4.20. The molecule has 8 heteroatoms. The van der Waals surface area contributed by atoms with Gasteiger partial charge in [0.05, 0.1) is 9.82 Å². The number of rotatable bonds is 3. The molecule has 7 nitrogen and oxygen atoms in total. The Morgan fingerprint density at radius 3 is 2.52 bits per heavy atom. The maximum absolute atomic E-state index is 12.6. The maximum Gasteiger partial charge on any atom is 0.292 e. The topological polar surface area (TPSA) is 107 Å². The van der Waals surface area contributed by atoms with Gasteiger partial charge < -0.3 is 5.73 Å². The summed E-state index contributed by atoms with van der Waals surface area (Å²) in [5, 5.41) is 10.7. The van der Waals surface area contributed by atoms with Gasteiger partial charge in [0.2, 0.25) is 10.0 Å². The third-order valence-corrected chi connectivity index (χ3v) is 5.99. The molecule has 1 heterocycles. The summed E-state index contributed by atoms with van der Waals surface area (Å²) in [7, 11) is -3.65. The number of nitrogen functional groups attached to an aromatic ring is 1. The van der Waals surface area contributed by atoms with Gasteiger partial charge in [0.15, 0.2) is 0 Å². The Morgan fingerprint density at radius 2 is 2.00 bits per heavy atom. The number of hydrogen-bond acceptors (Lipinski definition) is 5. The predicted molar refractivity (Wildman–Crippen MR) is 79.2 cm³/mol. The lowest BCUT2D eigenvalue weighted by atomic mass is 9.90. The quantitative estimate of drug-likeness (QED) is 0.520. The van der Waals surface area contributed by atoms with Crippen LogP contribution < -0.4 is 5.73 Å². The van der Waals surface area contributed by atoms with Crippen molar-refractivity contribution in [3.63, 3.8) is 0 Å². The second-order valence-corrected chi connectivity index (χ2v) is 7.52. The summed E-state index contributed by atoms with van der Waals surface area (Å²) in [4.78, 5) is 10.1. The highest BCUT2D eigenvalue weighted by Crippen LogP contribution is 2.30. The molecule has 0 spiro atoms. The average Bonchev–Trinajstić information content (AvgIpc) is 2.41. The van der Waals surface area contributed by atoms with E-state index in [1.54, 1.807) is 0 Å². The molecule has 2 atom stereocenters. The molecule has 0 amide bonds. The van der Waals surface area contributed by atoms with Gasteiger partial charge in [-0.2, -0.15) is 4.31 Å². The van der Waals surface area contributed by atoms with Crippen LogP contribution in [-0.4, -0.2) is 30.7 Å². The van der Waals surface area contributed by atoms with Crippen LogP contribution in [0.3, 0.4) is 0 Å². The molecule has 1 aliphatic heterocycles. The number of sulfonamides is 1. The van der Waals surface area contributed by atoms with Crippen LogP contribution in [0.5, 0.6) is 0 Å². The minimum absolute atomic E-state index is 0.00681. The van der Waals surface area contributed by atoms with E-state index in [-0.39, 0.29) is 22.2 Å². The Balaban J connectivity index is 2.32. The molecule has 1 saturated heterocycles. The minimum Gasteiger partial charge on any atom is -0.393 e. The van der Waals surface area contributed by atoms with Gasteiger partial charge in [-0.3, -0.25) is 10.1 Å². The molecule has 1 aliphatic rings. The van der Waals surface area contributed by atoms with E-state index in [1.165, 1.54) is 10.4 Å². The highest BCUT2D eigenvalue weighted by atomic mass is 32.2. The Labute approximate surface area is 123 Å². The largest absolute Gasteiger partial charge is 0.393 e. The molecule has 2 rings (SSSR count). The Hall–Kier alpha value is -1.67. The van der Waals surface area contributed by atoms with Crippen molar-refractivity contribution >= 4 is 21.4 Å². The molecule has 0 saturated carbocycles. The lowest BCUT2D eigenvalue weighted by Crippen LogP contribution is -2.42. The van der Waals surface area contributed by atoms with E-state index >= 15 is 0 Å². The first kappa shape index (κ1) is 15.7. The number of anilines is 1. The average molecular weight is 313 g/mol. The van der Waals surface area contributed by atoms with Crippen molar-refractivity contribution in [2.45, 2.75) is 25.2 Å². The highest BCUT2D eigenvalue weighted by Gasteiger charge is 2.32. The molecule has 2 N–H and O–H groups in total. The molecule has 0 radical (unpaired) electrons. The van der Waals surface area contributed by atoms with Crippen molar-refractivity contribution in [1.82, 2.24) is 4.31 Å². The van der Waals surface area contributed by atoms with Crippen LogP contribution in [0.25, 0.3) is 0 Å². The lowest BCUT2D eigenvalue weighted by molar-refractivity contribution is -0.383. The third kappa shape index (κ3) is 3.01. The van der Waals surface area contributed by atoms with Gasteiger partial charge in [-0.25, -0.2) is 8.42 Å². The predicted octanol–water partition coefficient (Wildman–Crippen LogP) is 1.84. The van der Waals surface area contributed by atoms with Crippen molar-refractivity contribution in [3.05, 3.63) is 28.3 Å². The molecule has 0 bridgehead atoms. The second-order valence-electron chi connectivity index (χ2n) is 5.58. The molecular weight excluding hydrogens is 294 g/mol. The molecular formula is C13H19N3O4S. The monoisotopic (exact) mass is 313 g/mol. The van der Waals surface area contributed by atoms with Gasteiger partial charge >= 0.3 is 0 Å². The summed E-state index contributed by atoms with van der Waals surface area (Å²) in [6, 6.07) is 3.54. The van der Waals surface area contributed by atoms with Crippen molar-refractivity contribution in [2.75, 3.05) is 18.8 Å². The lowest BCUT2D eigenvalue weighted by Gasteiger charge is -2.34. The number of nitrogens with two attached hydrogens (primary N) is 1. The van der Waals surface area contributed by atoms with Crippen molar-refractivity contribution in [2.24, 2.45) is 11.8 Å². The zero-order valence-electron chi connectivity index (χ0n) is 12.0. The van der Waals surface area contributed by atoms with Gasteiger partial charge in [-0.1, -0.05) is 13.8 Å². The summed E-state index contributed by atoms with van der Waals surface area (Å²) >= 11 is 0. The van der Waals surface area contributed by atoms with Crippen LogP contribution >= 0.6 is 0 Å². The van der Waals surface area contributed by atoms with Crippen LogP contribution in [0.4, 0.5) is 11.4 Å². The van der Waals surface area contributed by atoms with Gasteiger partial charge in [0, 0.05) is 19.2 Å². The van der Waals surface area contributed by atoms with Crippen LogP contribution in [0.15, 0.2) is 23.1 Å². The summed E-state index contributed by atoms with van der Waals surface area (Å²) < 4.78 is 26.6. The van der Waals surface area contributed by atoms with Crippen molar-refractivity contribution in [1.29, 1.82) is 0 Å². The number of nitro benzene ring substituents is 1. The number of nitro groups is 1. The third-order valence-electron chi connectivity index (χ3n) is 4.13. The molecule has 1 aromatic rings. The molecule has 2 unspecified atom stereocenters. The smallest absolute Gasteiger partial charge is 0.292 e.